The number of anilines is 1. The minimum Gasteiger partial charge on any atom is -0.505 e. The van der Waals surface area contributed by atoms with E-state index in [1.165, 1.54) is 17.6 Å². The lowest BCUT2D eigenvalue weighted by molar-refractivity contribution is 0.0737. The fourth-order valence-corrected chi connectivity index (χ4v) is 3.21. The van der Waals surface area contributed by atoms with E-state index in [-0.39, 0.29) is 17.4 Å². The van der Waals surface area contributed by atoms with Crippen LogP contribution in [-0.4, -0.2) is 52.1 Å². The predicted octanol–water partition coefficient (Wildman–Crippen LogP) is 2.30. The number of benzene rings is 1. The highest BCUT2D eigenvalue weighted by Gasteiger charge is 2.25. The number of carbonyl (C=O) groups excluding carboxylic acids is 1. The zero-order valence-corrected chi connectivity index (χ0v) is 13.7. The second kappa shape index (κ2) is 6.39. The van der Waals surface area contributed by atoms with Crippen molar-refractivity contribution in [2.45, 2.75) is 0 Å². The van der Waals surface area contributed by atoms with Crippen molar-refractivity contribution in [2.24, 2.45) is 0 Å². The molecule has 0 spiro atoms. The van der Waals surface area contributed by atoms with Crippen molar-refractivity contribution in [2.75, 3.05) is 31.1 Å². The standard InChI is InChI=1S/C19H18N4O2/c24-17-6-3-7-21-18(17)19(25)23-10-8-22(9-11-23)16-13-20-12-14-4-1-2-5-15(14)16/h1-7,12-13,24H,8-11H2. The molecule has 0 bridgehead atoms. The van der Waals surface area contributed by atoms with Crippen LogP contribution in [0.5, 0.6) is 5.75 Å². The third-order valence-corrected chi connectivity index (χ3v) is 4.54. The normalized spacial score (nSPS) is 14.7. The summed E-state index contributed by atoms with van der Waals surface area (Å²) in [6, 6.07) is 11.3. The average molecular weight is 334 g/mol. The highest BCUT2D eigenvalue weighted by molar-refractivity contribution is 5.95. The molecule has 126 valence electrons. The molecular formula is C19H18N4O2. The molecule has 1 aromatic carbocycles. The van der Waals surface area contributed by atoms with Crippen LogP contribution in [0.4, 0.5) is 5.69 Å². The van der Waals surface area contributed by atoms with Gasteiger partial charge in [-0.3, -0.25) is 9.78 Å². The molecule has 1 aliphatic rings. The fraction of sp³-hybridized carbons (Fsp3) is 0.211. The summed E-state index contributed by atoms with van der Waals surface area (Å²) in [6.07, 6.45) is 5.26. The summed E-state index contributed by atoms with van der Waals surface area (Å²) >= 11 is 0. The number of hydrogen-bond donors (Lipinski definition) is 1. The summed E-state index contributed by atoms with van der Waals surface area (Å²) in [5.74, 6) is -0.304. The minimum atomic E-state index is -0.228. The van der Waals surface area contributed by atoms with Gasteiger partial charge in [0.15, 0.2) is 5.69 Å². The molecule has 4 rings (SSSR count). The average Bonchev–Trinajstić information content (AvgIpc) is 2.67. The van der Waals surface area contributed by atoms with Gasteiger partial charge in [-0.2, -0.15) is 0 Å². The molecule has 1 N–H and O–H groups in total. The number of nitrogens with zero attached hydrogens (tertiary/aromatic N) is 4. The lowest BCUT2D eigenvalue weighted by Crippen LogP contribution is -2.49. The number of rotatable bonds is 2. The van der Waals surface area contributed by atoms with E-state index in [9.17, 15) is 9.90 Å². The first-order chi connectivity index (χ1) is 12.2. The van der Waals surface area contributed by atoms with Crippen molar-refractivity contribution in [3.05, 3.63) is 60.7 Å². The molecule has 3 aromatic rings. The zero-order valence-electron chi connectivity index (χ0n) is 13.7. The van der Waals surface area contributed by atoms with E-state index in [1.807, 2.05) is 24.5 Å². The number of aromatic hydroxyl groups is 1. The van der Waals surface area contributed by atoms with Crippen molar-refractivity contribution in [1.29, 1.82) is 0 Å². The van der Waals surface area contributed by atoms with Gasteiger partial charge in [0.05, 0.1) is 11.9 Å². The van der Waals surface area contributed by atoms with Gasteiger partial charge < -0.3 is 14.9 Å². The van der Waals surface area contributed by atoms with Crippen LogP contribution in [0.25, 0.3) is 10.8 Å². The van der Waals surface area contributed by atoms with Gasteiger partial charge in [-0.25, -0.2) is 4.98 Å². The molecule has 3 heterocycles. The van der Waals surface area contributed by atoms with E-state index >= 15 is 0 Å². The number of piperazine rings is 1. The minimum absolute atomic E-state index is 0.0758. The number of fused-ring (bicyclic) bond motifs is 1. The summed E-state index contributed by atoms with van der Waals surface area (Å²) in [5, 5.41) is 12.1. The Morgan fingerprint density at radius 2 is 1.80 bits per heavy atom. The third-order valence-electron chi connectivity index (χ3n) is 4.54. The van der Waals surface area contributed by atoms with Gasteiger partial charge in [0, 0.05) is 49.3 Å². The molecule has 0 unspecified atom stereocenters. The summed E-state index contributed by atoms with van der Waals surface area (Å²) in [4.78, 5) is 24.9. The SMILES string of the molecule is O=C(c1ncccc1O)N1CCN(c2cncc3ccccc23)CC1. The van der Waals surface area contributed by atoms with Crippen molar-refractivity contribution in [3.8, 4) is 5.75 Å². The second-order valence-corrected chi connectivity index (χ2v) is 6.03. The Bertz CT molecular complexity index is 915. The Morgan fingerprint density at radius 1 is 1.00 bits per heavy atom. The maximum Gasteiger partial charge on any atom is 0.276 e. The molecule has 6 heteroatoms. The molecule has 0 atom stereocenters. The molecule has 1 aliphatic heterocycles. The smallest absolute Gasteiger partial charge is 0.276 e. The van der Waals surface area contributed by atoms with Crippen LogP contribution in [0, 0.1) is 0 Å². The molecule has 0 aliphatic carbocycles. The summed E-state index contributed by atoms with van der Waals surface area (Å²) in [6.45, 7) is 2.60. The predicted molar refractivity (Wildman–Crippen MR) is 95.8 cm³/mol. The lowest BCUT2D eigenvalue weighted by atomic mass is 10.1. The molecule has 1 amide bonds. The van der Waals surface area contributed by atoms with Crippen LogP contribution in [0.2, 0.25) is 0 Å². The van der Waals surface area contributed by atoms with Crippen LogP contribution < -0.4 is 4.90 Å². The van der Waals surface area contributed by atoms with E-state index in [1.54, 1.807) is 11.0 Å². The molecule has 1 saturated heterocycles. The van der Waals surface area contributed by atoms with Gasteiger partial charge in [-0.05, 0) is 12.1 Å². The fourth-order valence-electron chi connectivity index (χ4n) is 3.21. The van der Waals surface area contributed by atoms with Crippen LogP contribution >= 0.6 is 0 Å². The zero-order chi connectivity index (χ0) is 17.2. The third kappa shape index (κ3) is 2.87. The number of hydrogen-bond acceptors (Lipinski definition) is 5. The summed E-state index contributed by atoms with van der Waals surface area (Å²) < 4.78 is 0. The largest absolute Gasteiger partial charge is 0.505 e. The number of amides is 1. The topological polar surface area (TPSA) is 69.6 Å². The molecule has 0 saturated carbocycles. The highest BCUT2D eigenvalue weighted by atomic mass is 16.3. The summed E-state index contributed by atoms with van der Waals surface area (Å²) in [7, 11) is 0. The number of aromatic nitrogens is 2. The lowest BCUT2D eigenvalue weighted by Gasteiger charge is -2.36. The Balaban J connectivity index is 1.52. The maximum atomic E-state index is 12.5. The van der Waals surface area contributed by atoms with Crippen LogP contribution in [-0.2, 0) is 0 Å². The monoisotopic (exact) mass is 334 g/mol. The molecule has 1 fully saturated rings. The van der Waals surface area contributed by atoms with E-state index in [0.717, 1.165) is 24.2 Å². The van der Waals surface area contributed by atoms with E-state index in [2.05, 4.69) is 27.0 Å². The quantitative estimate of drug-likeness (QED) is 0.779. The Morgan fingerprint density at radius 3 is 2.60 bits per heavy atom. The van der Waals surface area contributed by atoms with Gasteiger partial charge in [-0.1, -0.05) is 24.3 Å². The Labute approximate surface area is 145 Å². The van der Waals surface area contributed by atoms with Crippen LogP contribution in [0.1, 0.15) is 10.5 Å². The van der Waals surface area contributed by atoms with E-state index in [4.69, 9.17) is 0 Å². The van der Waals surface area contributed by atoms with Gasteiger partial charge in [0.2, 0.25) is 0 Å². The van der Waals surface area contributed by atoms with Gasteiger partial charge in [0.25, 0.3) is 5.91 Å². The number of pyridine rings is 2. The van der Waals surface area contributed by atoms with Crippen LogP contribution in [0.15, 0.2) is 55.0 Å². The first-order valence-electron chi connectivity index (χ1n) is 8.25. The maximum absolute atomic E-state index is 12.5. The molecule has 6 nitrogen and oxygen atoms in total. The second-order valence-electron chi connectivity index (χ2n) is 6.03. The van der Waals surface area contributed by atoms with Crippen molar-refractivity contribution in [3.63, 3.8) is 0 Å². The van der Waals surface area contributed by atoms with Crippen LogP contribution in [0.3, 0.4) is 0 Å². The first kappa shape index (κ1) is 15.4. The number of carbonyl (C=O) groups is 1. The van der Waals surface area contributed by atoms with Crippen molar-refractivity contribution >= 4 is 22.4 Å². The molecular weight excluding hydrogens is 316 g/mol. The van der Waals surface area contributed by atoms with Crippen molar-refractivity contribution < 1.29 is 9.90 Å². The van der Waals surface area contributed by atoms with Crippen molar-refractivity contribution in [1.82, 2.24) is 14.9 Å². The highest BCUT2D eigenvalue weighted by Crippen LogP contribution is 2.26. The van der Waals surface area contributed by atoms with E-state index < -0.39 is 0 Å². The van der Waals surface area contributed by atoms with E-state index in [0.29, 0.717) is 13.1 Å². The Kier molecular flexibility index (Phi) is 3.93. The molecule has 25 heavy (non-hydrogen) atoms. The first-order valence-corrected chi connectivity index (χ1v) is 8.25. The molecule has 2 aromatic heterocycles. The summed E-state index contributed by atoms with van der Waals surface area (Å²) in [5.41, 5.74) is 1.20. The molecule has 0 radical (unpaired) electrons. The van der Waals surface area contributed by atoms with Gasteiger partial charge in [0.1, 0.15) is 5.75 Å². The Hall–Kier alpha value is -3.15. The van der Waals surface area contributed by atoms with Gasteiger partial charge in [-0.15, -0.1) is 0 Å². The van der Waals surface area contributed by atoms with Gasteiger partial charge >= 0.3 is 0 Å².